The molecule has 3 heterocycles. The highest BCUT2D eigenvalue weighted by Gasteiger charge is 2.30. The largest absolute Gasteiger partial charge is 0.481 e. The Bertz CT molecular complexity index is 1200. The summed E-state index contributed by atoms with van der Waals surface area (Å²) in [7, 11) is -2.24. The highest BCUT2D eigenvalue weighted by atomic mass is 35.5. The standard InChI is InChI=1S/C21H27ClN6O6S/c1-33-18-7-6-16(10-23-18)35(31,32)27-14-4-2-13(3-5-14)25-21(30)34-15-8-9-28(12-15)17-11-24-26-20(29)19(17)22/h6-7,10-11,13-15,27H,2-5,8-9,12H2,1H3,(H,25,30)(H,26,29)/t13-,14-,15-/m1/s1. The van der Waals surface area contributed by atoms with Gasteiger partial charge in [-0.15, -0.1) is 0 Å². The van der Waals surface area contributed by atoms with E-state index in [9.17, 15) is 18.0 Å². The van der Waals surface area contributed by atoms with Crippen molar-refractivity contribution in [1.29, 1.82) is 0 Å². The van der Waals surface area contributed by atoms with Crippen LogP contribution in [0.2, 0.25) is 5.02 Å². The number of carbonyl (C=O) groups excluding carboxylic acids is 1. The summed E-state index contributed by atoms with van der Waals surface area (Å²) in [4.78, 5) is 29.9. The lowest BCUT2D eigenvalue weighted by Gasteiger charge is -2.29. The molecule has 1 saturated carbocycles. The Hall–Kier alpha value is -2.90. The molecule has 2 aliphatic rings. The number of alkyl carbamates (subject to hydrolysis) is 1. The topological polar surface area (TPSA) is 156 Å². The van der Waals surface area contributed by atoms with Crippen molar-refractivity contribution >= 4 is 33.4 Å². The van der Waals surface area contributed by atoms with Gasteiger partial charge in [0.25, 0.3) is 5.56 Å². The number of hydrogen-bond acceptors (Lipinski definition) is 9. The number of rotatable bonds is 7. The fourth-order valence-electron chi connectivity index (χ4n) is 4.28. The molecule has 1 aliphatic heterocycles. The van der Waals surface area contributed by atoms with Crippen LogP contribution in [0, 0.1) is 0 Å². The second-order valence-electron chi connectivity index (χ2n) is 8.51. The van der Waals surface area contributed by atoms with Gasteiger partial charge in [-0.1, -0.05) is 11.6 Å². The van der Waals surface area contributed by atoms with Gasteiger partial charge in [-0.2, -0.15) is 5.10 Å². The molecule has 12 nitrogen and oxygen atoms in total. The van der Waals surface area contributed by atoms with Gasteiger partial charge in [-0.25, -0.2) is 28.0 Å². The Labute approximate surface area is 207 Å². The molecule has 1 amide bonds. The summed E-state index contributed by atoms with van der Waals surface area (Å²) in [6.07, 6.45) is 4.89. The number of aromatic nitrogens is 3. The van der Waals surface area contributed by atoms with Crippen LogP contribution in [0.3, 0.4) is 0 Å². The summed E-state index contributed by atoms with van der Waals surface area (Å²) in [5, 5.41) is 8.98. The van der Waals surface area contributed by atoms with Gasteiger partial charge in [0.15, 0.2) is 0 Å². The Morgan fingerprint density at radius 1 is 1.17 bits per heavy atom. The fraction of sp³-hybridized carbons (Fsp3) is 0.524. The average molecular weight is 527 g/mol. The van der Waals surface area contributed by atoms with Gasteiger partial charge in [0.2, 0.25) is 15.9 Å². The van der Waals surface area contributed by atoms with Gasteiger partial charge in [0, 0.05) is 31.1 Å². The second kappa shape index (κ2) is 10.8. The zero-order chi connectivity index (χ0) is 25.0. The first-order chi connectivity index (χ1) is 16.7. The number of halogens is 1. The van der Waals surface area contributed by atoms with E-state index in [1.165, 1.54) is 31.6 Å². The van der Waals surface area contributed by atoms with Gasteiger partial charge in [-0.05, 0) is 31.7 Å². The summed E-state index contributed by atoms with van der Waals surface area (Å²) in [6, 6.07) is 2.61. The number of H-pyrrole nitrogens is 1. The highest BCUT2D eigenvalue weighted by molar-refractivity contribution is 7.89. The van der Waals surface area contributed by atoms with Gasteiger partial charge in [-0.3, -0.25) is 4.79 Å². The first kappa shape index (κ1) is 25.2. The van der Waals surface area contributed by atoms with Crippen LogP contribution in [0.1, 0.15) is 32.1 Å². The number of sulfonamides is 1. The van der Waals surface area contributed by atoms with Crippen LogP contribution in [0.5, 0.6) is 5.88 Å². The van der Waals surface area contributed by atoms with Gasteiger partial charge >= 0.3 is 6.09 Å². The number of nitrogens with zero attached hydrogens (tertiary/aromatic N) is 3. The predicted molar refractivity (Wildman–Crippen MR) is 127 cm³/mol. The van der Waals surface area contributed by atoms with Crippen molar-refractivity contribution in [2.45, 2.75) is 55.2 Å². The van der Waals surface area contributed by atoms with Crippen LogP contribution >= 0.6 is 11.6 Å². The van der Waals surface area contributed by atoms with Crippen molar-refractivity contribution in [2.24, 2.45) is 0 Å². The third kappa shape index (κ3) is 6.21. The van der Waals surface area contributed by atoms with E-state index >= 15 is 0 Å². The Kier molecular flexibility index (Phi) is 7.77. The highest BCUT2D eigenvalue weighted by Crippen LogP contribution is 2.26. The quantitative estimate of drug-likeness (QED) is 0.485. The zero-order valence-electron chi connectivity index (χ0n) is 19.1. The van der Waals surface area contributed by atoms with E-state index in [1.807, 2.05) is 4.90 Å². The van der Waals surface area contributed by atoms with E-state index < -0.39 is 21.7 Å². The predicted octanol–water partition coefficient (Wildman–Crippen LogP) is 1.42. The van der Waals surface area contributed by atoms with Crippen molar-refractivity contribution in [2.75, 3.05) is 25.1 Å². The third-order valence-electron chi connectivity index (χ3n) is 6.14. The van der Waals surface area contributed by atoms with Crippen LogP contribution in [0.4, 0.5) is 10.5 Å². The third-order valence-corrected chi connectivity index (χ3v) is 8.01. The molecule has 1 atom stereocenters. The Morgan fingerprint density at radius 2 is 1.91 bits per heavy atom. The van der Waals surface area contributed by atoms with Crippen molar-refractivity contribution in [1.82, 2.24) is 25.2 Å². The summed E-state index contributed by atoms with van der Waals surface area (Å²) >= 11 is 6.06. The van der Waals surface area contributed by atoms with Crippen LogP contribution < -0.4 is 25.2 Å². The molecule has 3 N–H and O–H groups in total. The maximum Gasteiger partial charge on any atom is 0.407 e. The minimum atomic E-state index is -3.70. The van der Waals surface area contributed by atoms with Crippen LogP contribution in [-0.4, -0.2) is 68.1 Å². The molecule has 0 unspecified atom stereocenters. The van der Waals surface area contributed by atoms with Gasteiger partial charge in [0.05, 0.1) is 31.7 Å². The number of carbonyl (C=O) groups is 1. The number of anilines is 1. The summed E-state index contributed by atoms with van der Waals surface area (Å²) in [5.41, 5.74) is 0.0398. The molecular formula is C21H27ClN6O6S. The molecule has 0 aromatic carbocycles. The van der Waals surface area contributed by atoms with Crippen LogP contribution in [0.25, 0.3) is 0 Å². The molecule has 35 heavy (non-hydrogen) atoms. The summed E-state index contributed by atoms with van der Waals surface area (Å²) < 4.78 is 38.4. The SMILES string of the molecule is COc1ccc(S(=O)(=O)N[C@H]2CC[C@H](NC(=O)O[C@@H]3CCN(c4cn[nH]c(=O)c4Cl)C3)CC2)cn1. The molecule has 4 rings (SSSR count). The maximum absolute atomic E-state index is 12.6. The fourth-order valence-corrected chi connectivity index (χ4v) is 5.74. The monoisotopic (exact) mass is 526 g/mol. The number of methoxy groups -OCH3 is 1. The number of nitrogens with one attached hydrogen (secondary N) is 3. The van der Waals surface area contributed by atoms with E-state index in [1.54, 1.807) is 0 Å². The van der Waals surface area contributed by atoms with Gasteiger partial charge in [0.1, 0.15) is 16.0 Å². The van der Waals surface area contributed by atoms with E-state index in [0.29, 0.717) is 56.8 Å². The number of ether oxygens (including phenoxy) is 2. The minimum absolute atomic E-state index is 0.0562. The van der Waals surface area contributed by atoms with E-state index in [-0.39, 0.29) is 28.1 Å². The average Bonchev–Trinajstić information content (AvgIpc) is 3.30. The second-order valence-corrected chi connectivity index (χ2v) is 10.6. The zero-order valence-corrected chi connectivity index (χ0v) is 20.6. The smallest absolute Gasteiger partial charge is 0.407 e. The molecule has 1 saturated heterocycles. The van der Waals surface area contributed by atoms with E-state index in [2.05, 4.69) is 25.2 Å². The summed E-state index contributed by atoms with van der Waals surface area (Å²) in [6.45, 7) is 0.991. The molecule has 1 aliphatic carbocycles. The molecule has 190 valence electrons. The number of amides is 1. The molecule has 2 aromatic rings. The molecule has 0 spiro atoms. The molecular weight excluding hydrogens is 500 g/mol. The lowest BCUT2D eigenvalue weighted by molar-refractivity contribution is 0.102. The number of pyridine rings is 1. The first-order valence-electron chi connectivity index (χ1n) is 11.2. The molecule has 14 heteroatoms. The molecule has 2 fully saturated rings. The van der Waals surface area contributed by atoms with Crippen molar-refractivity contribution < 1.29 is 22.7 Å². The normalized spacial score (nSPS) is 22.6. The maximum atomic E-state index is 12.6. The lowest BCUT2D eigenvalue weighted by Crippen LogP contribution is -2.44. The first-order valence-corrected chi connectivity index (χ1v) is 13.1. The lowest BCUT2D eigenvalue weighted by atomic mass is 9.92. The Morgan fingerprint density at radius 3 is 2.60 bits per heavy atom. The minimum Gasteiger partial charge on any atom is -0.481 e. The van der Waals surface area contributed by atoms with Gasteiger partial charge < -0.3 is 19.7 Å². The van der Waals surface area contributed by atoms with Crippen LogP contribution in [-0.2, 0) is 14.8 Å². The van der Waals surface area contributed by atoms with Crippen LogP contribution in [0.15, 0.2) is 34.2 Å². The summed E-state index contributed by atoms with van der Waals surface area (Å²) in [5.74, 6) is 0.337. The number of aromatic amines is 1. The van der Waals surface area contributed by atoms with E-state index in [0.717, 1.165) is 0 Å². The number of hydrogen-bond donors (Lipinski definition) is 3. The molecule has 0 radical (unpaired) electrons. The van der Waals surface area contributed by atoms with Crippen molar-refractivity contribution in [3.05, 3.63) is 39.9 Å². The molecule has 2 aromatic heterocycles. The Balaban J connectivity index is 1.21. The van der Waals surface area contributed by atoms with Crippen molar-refractivity contribution in [3.8, 4) is 5.88 Å². The molecule has 0 bridgehead atoms. The van der Waals surface area contributed by atoms with Crippen molar-refractivity contribution in [3.63, 3.8) is 0 Å². The van der Waals surface area contributed by atoms with E-state index in [4.69, 9.17) is 21.1 Å².